The number of ether oxygens (including phenoxy) is 3. The van der Waals surface area contributed by atoms with Gasteiger partial charge in [0.2, 0.25) is 0 Å². The van der Waals surface area contributed by atoms with E-state index < -0.39 is 18.3 Å². The highest BCUT2D eigenvalue weighted by molar-refractivity contribution is 6.32. The van der Waals surface area contributed by atoms with Crippen LogP contribution >= 0.6 is 11.6 Å². The van der Waals surface area contributed by atoms with Gasteiger partial charge in [0, 0.05) is 5.56 Å². The fourth-order valence-corrected chi connectivity index (χ4v) is 5.21. The summed E-state index contributed by atoms with van der Waals surface area (Å²) in [4.78, 5) is 31.1. The number of hydrogen-bond donors (Lipinski definition) is 1. The van der Waals surface area contributed by atoms with Crippen molar-refractivity contribution >= 4 is 40.3 Å². The Morgan fingerprint density at radius 3 is 2.48 bits per heavy atom. The minimum absolute atomic E-state index is 0.0313. The van der Waals surface area contributed by atoms with Gasteiger partial charge in [0.15, 0.2) is 23.9 Å². The maximum atomic E-state index is 13.9. The highest BCUT2D eigenvalue weighted by Crippen LogP contribution is 2.37. The molecular weight excluding hydrogens is 611 g/mol. The van der Waals surface area contributed by atoms with Gasteiger partial charge in [0.25, 0.3) is 11.5 Å². The molecule has 5 aromatic rings. The molecule has 5 rings (SSSR count). The molecular formula is C35H32ClFN4O5. The molecule has 11 heteroatoms. The highest BCUT2D eigenvalue weighted by Gasteiger charge is 2.19. The molecule has 0 saturated carbocycles. The molecule has 0 bridgehead atoms. The molecule has 0 fully saturated rings. The normalized spacial score (nSPS) is 11.3. The van der Waals surface area contributed by atoms with Gasteiger partial charge in [-0.05, 0) is 78.1 Å². The maximum absolute atomic E-state index is 13.9. The maximum Gasteiger partial charge on any atom is 0.282 e. The molecule has 0 unspecified atom stereocenters. The molecule has 1 N–H and O–H groups in total. The van der Waals surface area contributed by atoms with E-state index in [2.05, 4.69) is 24.3 Å². The van der Waals surface area contributed by atoms with E-state index in [0.717, 1.165) is 22.4 Å². The average Bonchev–Trinajstić information content (AvgIpc) is 3.04. The predicted molar refractivity (Wildman–Crippen MR) is 178 cm³/mol. The summed E-state index contributed by atoms with van der Waals surface area (Å²) in [5, 5.41) is 7.57. The smallest absolute Gasteiger partial charge is 0.282 e. The van der Waals surface area contributed by atoms with Crippen LogP contribution < -0.4 is 25.1 Å². The van der Waals surface area contributed by atoms with Gasteiger partial charge in [-0.1, -0.05) is 49.7 Å². The molecule has 4 aromatic carbocycles. The fourth-order valence-electron chi connectivity index (χ4n) is 4.94. The van der Waals surface area contributed by atoms with E-state index in [4.69, 9.17) is 30.8 Å². The van der Waals surface area contributed by atoms with E-state index in [1.807, 2.05) is 25.1 Å². The zero-order valence-electron chi connectivity index (χ0n) is 25.9. The summed E-state index contributed by atoms with van der Waals surface area (Å²) >= 11 is 6.55. The summed E-state index contributed by atoms with van der Waals surface area (Å²) in [5.41, 5.74) is 3.28. The molecule has 1 heterocycles. The molecule has 1 amide bonds. The first-order valence-electron chi connectivity index (χ1n) is 14.4. The third-order valence-corrected chi connectivity index (χ3v) is 7.54. The predicted octanol–water partition coefficient (Wildman–Crippen LogP) is 7.20. The fraction of sp³-hybridized carbons (Fsp3) is 0.200. The minimum atomic E-state index is -0.584. The SMILES string of the molecule is COc1cc(C)c(-c2nc3ccccc3c(=O)n2N=Cc2cc(Cl)c(OCC(=O)Nc3ccccc3F)c(OC)c2)cc1C(C)C. The van der Waals surface area contributed by atoms with E-state index in [1.54, 1.807) is 43.5 Å². The molecule has 0 radical (unpaired) electrons. The van der Waals surface area contributed by atoms with Crippen LogP contribution in [0.4, 0.5) is 10.1 Å². The Kier molecular flexibility index (Phi) is 9.67. The number of hydrogen-bond acceptors (Lipinski definition) is 7. The molecule has 0 saturated heterocycles. The Morgan fingerprint density at radius 2 is 1.76 bits per heavy atom. The van der Waals surface area contributed by atoms with Gasteiger partial charge in [-0.15, -0.1) is 0 Å². The topological polar surface area (TPSA) is 104 Å². The standard InChI is InChI=1S/C35H32ClFN4O5/c1-20(2)24-17-25(21(3)14-30(24)44-4)34-40-28-12-8-6-10-23(28)35(43)41(34)38-18-22-15-26(36)33(31(16-22)45-5)46-19-32(42)39-29-13-9-7-11-27(29)37/h6-18,20H,19H2,1-5H3,(H,39,42). The first-order chi connectivity index (χ1) is 22.1. The van der Waals surface area contributed by atoms with E-state index in [0.29, 0.717) is 22.3 Å². The highest BCUT2D eigenvalue weighted by atomic mass is 35.5. The number of para-hydroxylation sites is 2. The van der Waals surface area contributed by atoms with Gasteiger partial charge in [-0.25, -0.2) is 9.37 Å². The summed E-state index contributed by atoms with van der Waals surface area (Å²) in [6, 6.07) is 20.0. The zero-order chi connectivity index (χ0) is 33.0. The van der Waals surface area contributed by atoms with Crippen molar-refractivity contribution in [3.8, 4) is 28.6 Å². The first-order valence-corrected chi connectivity index (χ1v) is 14.8. The third kappa shape index (κ3) is 6.72. The van der Waals surface area contributed by atoms with Gasteiger partial charge in [0.1, 0.15) is 11.6 Å². The Bertz CT molecular complexity index is 2030. The Hall–Kier alpha value is -5.22. The Morgan fingerprint density at radius 1 is 1.04 bits per heavy atom. The summed E-state index contributed by atoms with van der Waals surface area (Å²) in [7, 11) is 3.05. The molecule has 1 aromatic heterocycles. The molecule has 236 valence electrons. The van der Waals surface area contributed by atoms with Crippen LogP contribution in [0.3, 0.4) is 0 Å². The van der Waals surface area contributed by atoms with Gasteiger partial charge in [0.05, 0.1) is 42.0 Å². The van der Waals surface area contributed by atoms with Crippen molar-refractivity contribution in [2.75, 3.05) is 26.1 Å². The number of halogens is 2. The number of nitrogens with one attached hydrogen (secondary N) is 1. The monoisotopic (exact) mass is 642 g/mol. The van der Waals surface area contributed by atoms with Crippen LogP contribution in [0.1, 0.15) is 36.5 Å². The number of benzene rings is 4. The lowest BCUT2D eigenvalue weighted by Gasteiger charge is -2.17. The van der Waals surface area contributed by atoms with Gasteiger partial charge in [-0.2, -0.15) is 9.78 Å². The van der Waals surface area contributed by atoms with Crippen molar-refractivity contribution in [2.45, 2.75) is 26.7 Å². The lowest BCUT2D eigenvalue weighted by molar-refractivity contribution is -0.118. The second-order valence-electron chi connectivity index (χ2n) is 10.7. The summed E-state index contributed by atoms with van der Waals surface area (Å²) < 4.78 is 31.9. The molecule has 9 nitrogen and oxygen atoms in total. The van der Waals surface area contributed by atoms with Crippen molar-refractivity contribution in [1.82, 2.24) is 9.66 Å². The third-order valence-electron chi connectivity index (χ3n) is 7.26. The second-order valence-corrected chi connectivity index (χ2v) is 11.1. The molecule has 0 aliphatic heterocycles. The largest absolute Gasteiger partial charge is 0.496 e. The number of aryl methyl sites for hydroxylation is 1. The van der Waals surface area contributed by atoms with Crippen molar-refractivity contribution in [3.05, 3.63) is 111 Å². The zero-order valence-corrected chi connectivity index (χ0v) is 26.7. The van der Waals surface area contributed by atoms with Crippen LogP contribution in [0.15, 0.2) is 82.7 Å². The van der Waals surface area contributed by atoms with Crippen molar-refractivity contribution in [1.29, 1.82) is 0 Å². The molecule has 0 aliphatic rings. The van der Waals surface area contributed by atoms with Crippen molar-refractivity contribution in [2.24, 2.45) is 5.10 Å². The number of nitrogens with zero attached hydrogens (tertiary/aromatic N) is 3. The number of carbonyl (C=O) groups excluding carboxylic acids is 1. The first kappa shape index (κ1) is 32.2. The van der Waals surface area contributed by atoms with Gasteiger partial charge < -0.3 is 19.5 Å². The Labute approximate surface area is 270 Å². The number of amides is 1. The second kappa shape index (κ2) is 13.8. The lowest BCUT2D eigenvalue weighted by atomic mass is 9.96. The van der Waals surface area contributed by atoms with Crippen LogP contribution in [0.25, 0.3) is 22.3 Å². The summed E-state index contributed by atoms with van der Waals surface area (Å²) in [6.45, 7) is 5.61. The van der Waals surface area contributed by atoms with Crippen LogP contribution in [-0.2, 0) is 4.79 Å². The summed E-state index contributed by atoms with van der Waals surface area (Å²) in [6.07, 6.45) is 1.46. The number of fused-ring (bicyclic) bond motifs is 1. The van der Waals surface area contributed by atoms with Crippen molar-refractivity contribution < 1.29 is 23.4 Å². The van der Waals surface area contributed by atoms with Crippen molar-refractivity contribution in [3.63, 3.8) is 0 Å². The number of methoxy groups -OCH3 is 2. The quantitative estimate of drug-likeness (QED) is 0.162. The lowest BCUT2D eigenvalue weighted by Crippen LogP contribution is -2.21. The van der Waals surface area contributed by atoms with E-state index in [-0.39, 0.29) is 33.7 Å². The Balaban J connectivity index is 1.51. The summed E-state index contributed by atoms with van der Waals surface area (Å²) in [5.74, 6) is 0.457. The molecule has 0 atom stereocenters. The average molecular weight is 643 g/mol. The van der Waals surface area contributed by atoms with Crippen LogP contribution in [0.2, 0.25) is 5.02 Å². The van der Waals surface area contributed by atoms with Crippen LogP contribution in [0, 0.1) is 12.7 Å². The van der Waals surface area contributed by atoms with E-state index in [1.165, 1.54) is 36.2 Å². The number of anilines is 1. The number of rotatable bonds is 10. The van der Waals surface area contributed by atoms with Gasteiger partial charge in [-0.3, -0.25) is 9.59 Å². The number of aromatic nitrogens is 2. The molecule has 46 heavy (non-hydrogen) atoms. The van der Waals surface area contributed by atoms with Crippen LogP contribution in [-0.4, -0.2) is 42.6 Å². The van der Waals surface area contributed by atoms with Crippen LogP contribution in [0.5, 0.6) is 17.2 Å². The molecule has 0 spiro atoms. The minimum Gasteiger partial charge on any atom is -0.496 e. The molecule has 0 aliphatic carbocycles. The number of carbonyl (C=O) groups is 1. The van der Waals surface area contributed by atoms with E-state index >= 15 is 0 Å². The van der Waals surface area contributed by atoms with E-state index in [9.17, 15) is 14.0 Å². The van der Waals surface area contributed by atoms with Gasteiger partial charge >= 0.3 is 0 Å².